The second-order valence-corrected chi connectivity index (χ2v) is 12.9. The van der Waals surface area contributed by atoms with Crippen LogP contribution in [0.4, 0.5) is 8.78 Å². The van der Waals surface area contributed by atoms with Gasteiger partial charge in [0, 0.05) is 58.9 Å². The van der Waals surface area contributed by atoms with E-state index < -0.39 is 5.67 Å². The summed E-state index contributed by atoms with van der Waals surface area (Å²) >= 11 is 1.75. The van der Waals surface area contributed by atoms with Crippen LogP contribution in [0.1, 0.15) is 66.8 Å². The number of carbonyl (C=O) groups excluding carboxylic acids is 1. The quantitative estimate of drug-likeness (QED) is 0.317. The lowest BCUT2D eigenvalue weighted by Gasteiger charge is -2.36. The standard InChI is InChI=1S/C31H36F2N2OS/c1-30(2,3)29(36)23-6-4-21(5-7-23)19-35-16-14-31(33,15-17-35)20-34-26-18-25(26)28-13-12-27(37-28)22-8-10-24(32)11-9-22/h4-13,25-26,34H,14-20H2,1-3H3. The van der Waals surface area contributed by atoms with Gasteiger partial charge in [0.05, 0.1) is 0 Å². The van der Waals surface area contributed by atoms with Crippen LogP contribution in [0, 0.1) is 11.2 Å². The summed E-state index contributed by atoms with van der Waals surface area (Å²) in [4.78, 5) is 17.2. The molecule has 0 spiro atoms. The average molecular weight is 523 g/mol. The lowest BCUT2D eigenvalue weighted by molar-refractivity contribution is 0.0544. The number of piperidine rings is 1. The predicted molar refractivity (Wildman–Crippen MR) is 147 cm³/mol. The Morgan fingerprint density at radius 1 is 1.03 bits per heavy atom. The molecule has 3 aromatic rings. The van der Waals surface area contributed by atoms with Gasteiger partial charge < -0.3 is 5.32 Å². The molecule has 6 heteroatoms. The summed E-state index contributed by atoms with van der Waals surface area (Å²) in [5.41, 5.74) is 1.39. The highest BCUT2D eigenvalue weighted by Gasteiger charge is 2.42. The van der Waals surface area contributed by atoms with Crippen LogP contribution >= 0.6 is 11.3 Å². The van der Waals surface area contributed by atoms with Crippen molar-refractivity contribution in [1.29, 1.82) is 0 Å². The zero-order valence-corrected chi connectivity index (χ0v) is 22.7. The van der Waals surface area contributed by atoms with Crippen LogP contribution in [0.15, 0.2) is 60.7 Å². The zero-order chi connectivity index (χ0) is 26.2. The molecule has 37 heavy (non-hydrogen) atoms. The van der Waals surface area contributed by atoms with Crippen molar-refractivity contribution in [2.24, 2.45) is 5.41 Å². The second-order valence-electron chi connectivity index (χ2n) is 11.7. The molecule has 196 valence electrons. The third-order valence-corrected chi connectivity index (χ3v) is 8.91. The van der Waals surface area contributed by atoms with Crippen LogP contribution in [0.25, 0.3) is 10.4 Å². The number of halogens is 2. The van der Waals surface area contributed by atoms with Crippen molar-refractivity contribution < 1.29 is 13.6 Å². The number of likely N-dealkylation sites (tertiary alicyclic amines) is 1. The first-order valence-electron chi connectivity index (χ1n) is 13.2. The van der Waals surface area contributed by atoms with Crippen LogP contribution in [-0.2, 0) is 6.54 Å². The molecule has 2 fully saturated rings. The van der Waals surface area contributed by atoms with Crippen molar-refractivity contribution in [3.63, 3.8) is 0 Å². The van der Waals surface area contributed by atoms with Gasteiger partial charge in [-0.05, 0) is 54.7 Å². The molecule has 1 aromatic heterocycles. The Bertz CT molecular complexity index is 1220. The van der Waals surface area contributed by atoms with Gasteiger partial charge in [-0.1, -0.05) is 57.2 Å². The summed E-state index contributed by atoms with van der Waals surface area (Å²) in [5.74, 6) is 0.369. The van der Waals surface area contributed by atoms with Crippen molar-refractivity contribution in [3.05, 3.63) is 82.5 Å². The van der Waals surface area contributed by atoms with Gasteiger partial charge in [-0.3, -0.25) is 9.69 Å². The first-order valence-corrected chi connectivity index (χ1v) is 14.1. The summed E-state index contributed by atoms with van der Waals surface area (Å²) < 4.78 is 28.8. The minimum Gasteiger partial charge on any atom is -0.310 e. The molecule has 2 heterocycles. The molecular formula is C31H36F2N2OS. The molecular weight excluding hydrogens is 486 g/mol. The number of rotatable bonds is 8. The second kappa shape index (κ2) is 10.4. The number of alkyl halides is 1. The summed E-state index contributed by atoms with van der Waals surface area (Å²) in [5, 5.41) is 3.50. The van der Waals surface area contributed by atoms with Crippen molar-refractivity contribution >= 4 is 17.1 Å². The third-order valence-electron chi connectivity index (χ3n) is 7.65. The van der Waals surface area contributed by atoms with E-state index in [0.29, 0.717) is 31.3 Å². The van der Waals surface area contributed by atoms with E-state index in [2.05, 4.69) is 22.3 Å². The maximum atomic E-state index is 15.6. The number of hydrogen-bond donors (Lipinski definition) is 1. The van der Waals surface area contributed by atoms with E-state index in [0.717, 1.165) is 47.6 Å². The van der Waals surface area contributed by atoms with Gasteiger partial charge in [0.25, 0.3) is 0 Å². The molecule has 1 saturated carbocycles. The van der Waals surface area contributed by atoms with Gasteiger partial charge in [0.15, 0.2) is 5.78 Å². The number of ketones is 1. The molecule has 3 nitrogen and oxygen atoms in total. The number of Topliss-reactive ketones (excluding diaryl/α,β-unsaturated/α-hetero) is 1. The van der Waals surface area contributed by atoms with E-state index >= 15 is 4.39 Å². The van der Waals surface area contributed by atoms with E-state index in [-0.39, 0.29) is 17.0 Å². The average Bonchev–Trinajstić information content (AvgIpc) is 3.49. The first kappa shape index (κ1) is 26.2. The highest BCUT2D eigenvalue weighted by molar-refractivity contribution is 7.15. The fraction of sp³-hybridized carbons (Fsp3) is 0.452. The van der Waals surface area contributed by atoms with E-state index in [4.69, 9.17) is 0 Å². The van der Waals surface area contributed by atoms with Gasteiger partial charge in [-0.2, -0.15) is 0 Å². The van der Waals surface area contributed by atoms with Crippen LogP contribution in [0.5, 0.6) is 0 Å². The largest absolute Gasteiger partial charge is 0.310 e. The van der Waals surface area contributed by atoms with Gasteiger partial charge >= 0.3 is 0 Å². The number of thiophene rings is 1. The lowest BCUT2D eigenvalue weighted by atomic mass is 9.86. The van der Waals surface area contributed by atoms with Gasteiger partial charge in [0.1, 0.15) is 11.5 Å². The van der Waals surface area contributed by atoms with Gasteiger partial charge in [-0.25, -0.2) is 8.78 Å². The minimum atomic E-state index is -1.17. The normalized spacial score (nSPS) is 21.6. The van der Waals surface area contributed by atoms with Crippen molar-refractivity contribution in [2.45, 2.75) is 64.2 Å². The highest BCUT2D eigenvalue weighted by atomic mass is 32.1. The predicted octanol–water partition coefficient (Wildman–Crippen LogP) is 7.23. The molecule has 1 N–H and O–H groups in total. The molecule has 2 aromatic carbocycles. The molecule has 1 aliphatic heterocycles. The van der Waals surface area contributed by atoms with Crippen molar-refractivity contribution in [1.82, 2.24) is 10.2 Å². The molecule has 0 amide bonds. The first-order chi connectivity index (χ1) is 17.6. The fourth-order valence-electron chi connectivity index (χ4n) is 5.11. The van der Waals surface area contributed by atoms with E-state index in [9.17, 15) is 9.18 Å². The Labute approximate surface area is 222 Å². The van der Waals surface area contributed by atoms with Crippen LogP contribution in [0.2, 0.25) is 0 Å². The Balaban J connectivity index is 1.07. The maximum Gasteiger partial charge on any atom is 0.168 e. The molecule has 1 saturated heterocycles. The molecule has 2 atom stereocenters. The summed E-state index contributed by atoms with van der Waals surface area (Å²) in [6.45, 7) is 8.47. The summed E-state index contributed by atoms with van der Waals surface area (Å²) in [6.07, 6.45) is 2.11. The van der Waals surface area contributed by atoms with Gasteiger partial charge in [-0.15, -0.1) is 11.3 Å². The highest BCUT2D eigenvalue weighted by Crippen LogP contribution is 2.46. The van der Waals surface area contributed by atoms with E-state index in [1.807, 2.05) is 57.2 Å². The molecule has 2 aliphatic rings. The van der Waals surface area contributed by atoms with Crippen LogP contribution in [-0.4, -0.2) is 42.0 Å². The summed E-state index contributed by atoms with van der Waals surface area (Å²) in [7, 11) is 0. The topological polar surface area (TPSA) is 32.3 Å². The number of nitrogens with zero attached hydrogens (tertiary/aromatic N) is 1. The van der Waals surface area contributed by atoms with E-state index in [1.165, 1.54) is 17.0 Å². The van der Waals surface area contributed by atoms with Crippen LogP contribution < -0.4 is 5.32 Å². The molecule has 0 radical (unpaired) electrons. The van der Waals surface area contributed by atoms with E-state index in [1.54, 1.807) is 11.3 Å². The minimum absolute atomic E-state index is 0.150. The molecule has 0 bridgehead atoms. The molecule has 5 rings (SSSR count). The lowest BCUT2D eigenvalue weighted by Crippen LogP contribution is -2.47. The Kier molecular flexibility index (Phi) is 7.36. The number of carbonyl (C=O) groups is 1. The van der Waals surface area contributed by atoms with Gasteiger partial charge in [0.2, 0.25) is 0 Å². The fourth-order valence-corrected chi connectivity index (χ4v) is 6.30. The molecule has 2 unspecified atom stereocenters. The number of benzene rings is 2. The maximum absolute atomic E-state index is 15.6. The van der Waals surface area contributed by atoms with Crippen molar-refractivity contribution in [2.75, 3.05) is 19.6 Å². The number of nitrogens with one attached hydrogen (secondary N) is 1. The van der Waals surface area contributed by atoms with Crippen molar-refractivity contribution in [3.8, 4) is 10.4 Å². The zero-order valence-electron chi connectivity index (χ0n) is 21.9. The SMILES string of the molecule is CC(C)(C)C(=O)c1ccc(CN2CCC(F)(CNC3CC3c3ccc(-c4ccc(F)cc4)s3)CC2)cc1. The Morgan fingerprint density at radius 3 is 2.35 bits per heavy atom. The molecule has 1 aliphatic carbocycles. The summed E-state index contributed by atoms with van der Waals surface area (Å²) in [6, 6.07) is 19.1. The smallest absolute Gasteiger partial charge is 0.168 e. The monoisotopic (exact) mass is 522 g/mol. The Morgan fingerprint density at radius 2 is 1.70 bits per heavy atom. The van der Waals surface area contributed by atoms with Crippen LogP contribution in [0.3, 0.4) is 0 Å². The Hall–Kier alpha value is -2.41. The number of hydrogen-bond acceptors (Lipinski definition) is 4. The third kappa shape index (κ3) is 6.36.